The maximum Gasteiger partial charge on any atom is 0.408 e. The molecule has 1 fully saturated rings. The molecule has 0 aromatic heterocycles. The molecule has 268 valence electrons. The first-order chi connectivity index (χ1) is 23.8. The third kappa shape index (κ3) is 12.2. The predicted molar refractivity (Wildman–Crippen MR) is 187 cm³/mol. The molecule has 1 heterocycles. The van der Waals surface area contributed by atoms with E-state index in [1.54, 1.807) is 34.6 Å². The summed E-state index contributed by atoms with van der Waals surface area (Å²) in [5.41, 5.74) is 1.25. The Labute approximate surface area is 293 Å². The van der Waals surface area contributed by atoms with Gasteiger partial charge in [0.15, 0.2) is 0 Å². The Morgan fingerprint density at radius 2 is 1.36 bits per heavy atom. The number of carbonyl (C=O) groups is 4. The summed E-state index contributed by atoms with van der Waals surface area (Å²) in [5, 5.41) is 11.5. The van der Waals surface area contributed by atoms with Crippen molar-refractivity contribution < 1.29 is 38.1 Å². The van der Waals surface area contributed by atoms with Crippen LogP contribution in [0.1, 0.15) is 51.3 Å². The number of amides is 3. The van der Waals surface area contributed by atoms with Gasteiger partial charge in [-0.05, 0) is 63.4 Å². The summed E-state index contributed by atoms with van der Waals surface area (Å²) in [6.45, 7) is 9.56. The second-order valence-corrected chi connectivity index (χ2v) is 13.5. The molecule has 3 atom stereocenters. The molecule has 0 bridgehead atoms. The molecular formula is C38H48N4O8. The Balaban J connectivity index is 1.35. The number of carbonyl (C=O) groups excluding carboxylic acids is 4. The second kappa shape index (κ2) is 17.6. The lowest BCUT2D eigenvalue weighted by atomic mass is 9.95. The van der Waals surface area contributed by atoms with E-state index in [-0.39, 0.29) is 32.8 Å². The Hall–Kier alpha value is -4.94. The van der Waals surface area contributed by atoms with Crippen LogP contribution in [0.4, 0.5) is 4.79 Å². The van der Waals surface area contributed by atoms with Gasteiger partial charge in [-0.1, -0.05) is 72.8 Å². The van der Waals surface area contributed by atoms with Crippen LogP contribution in [0.25, 0.3) is 0 Å². The van der Waals surface area contributed by atoms with Gasteiger partial charge in [-0.2, -0.15) is 0 Å². The number of rotatable bonds is 16. The van der Waals surface area contributed by atoms with E-state index in [1.807, 2.05) is 84.9 Å². The van der Waals surface area contributed by atoms with E-state index in [0.717, 1.165) is 16.7 Å². The highest BCUT2D eigenvalue weighted by Crippen LogP contribution is 2.19. The van der Waals surface area contributed by atoms with Crippen LogP contribution in [0, 0.1) is 0 Å². The first kappa shape index (κ1) is 37.9. The van der Waals surface area contributed by atoms with Gasteiger partial charge in [0, 0.05) is 13.0 Å². The van der Waals surface area contributed by atoms with Crippen molar-refractivity contribution in [2.75, 3.05) is 19.8 Å². The molecule has 1 saturated heterocycles. The van der Waals surface area contributed by atoms with Crippen LogP contribution < -0.4 is 26.0 Å². The molecule has 12 heteroatoms. The smallest absolute Gasteiger partial charge is 0.408 e. The van der Waals surface area contributed by atoms with Crippen LogP contribution in [0.3, 0.4) is 0 Å². The molecule has 4 rings (SSSR count). The monoisotopic (exact) mass is 688 g/mol. The first-order valence-corrected chi connectivity index (χ1v) is 16.7. The summed E-state index contributed by atoms with van der Waals surface area (Å²) in [6.07, 6.45) is -0.507. The third-order valence-electron chi connectivity index (χ3n) is 7.84. The minimum absolute atomic E-state index is 0.0630. The van der Waals surface area contributed by atoms with Crippen LogP contribution in [-0.4, -0.2) is 72.9 Å². The number of hydrogen-bond acceptors (Lipinski definition) is 9. The van der Waals surface area contributed by atoms with E-state index >= 15 is 0 Å². The van der Waals surface area contributed by atoms with Gasteiger partial charge in [-0.15, -0.1) is 0 Å². The van der Waals surface area contributed by atoms with E-state index in [4.69, 9.17) is 18.9 Å². The van der Waals surface area contributed by atoms with E-state index in [1.165, 1.54) is 0 Å². The van der Waals surface area contributed by atoms with Crippen LogP contribution >= 0.6 is 0 Å². The standard InChI is InChI=1S/C38H48N4O8/c1-26(40-36(46)50-37(3,4)5)33(43)39-23-38(24-47-25-38)42-27(2)34(44)41-32(35(45)49-22-30-14-10-7-11-15-30)20-28-16-18-31(19-17-28)48-21-29-12-8-6-9-13-29/h6-19,26-27,32,42H,20-25H2,1-5H3,(H,39,43)(H,40,46)(H,41,44)/t26-,27-,32-/m0/s1. The van der Waals surface area contributed by atoms with Gasteiger partial charge in [0.05, 0.1) is 24.8 Å². The van der Waals surface area contributed by atoms with Gasteiger partial charge >= 0.3 is 12.1 Å². The fraction of sp³-hybridized carbons (Fsp3) is 0.421. The van der Waals surface area contributed by atoms with Crippen LogP contribution in [0.2, 0.25) is 0 Å². The molecule has 0 aliphatic carbocycles. The molecule has 0 unspecified atom stereocenters. The zero-order chi connectivity index (χ0) is 36.1. The summed E-state index contributed by atoms with van der Waals surface area (Å²) >= 11 is 0. The second-order valence-electron chi connectivity index (χ2n) is 13.5. The van der Waals surface area contributed by atoms with Crippen LogP contribution in [0.5, 0.6) is 5.75 Å². The molecule has 3 aromatic carbocycles. The highest BCUT2D eigenvalue weighted by Gasteiger charge is 2.41. The number of benzene rings is 3. The average Bonchev–Trinajstić information content (AvgIpc) is 3.07. The van der Waals surface area contributed by atoms with Crippen molar-refractivity contribution in [1.29, 1.82) is 0 Å². The highest BCUT2D eigenvalue weighted by atomic mass is 16.6. The summed E-state index contributed by atoms with van der Waals surface area (Å²) in [6, 6.07) is 23.9. The molecule has 50 heavy (non-hydrogen) atoms. The van der Waals surface area contributed by atoms with Crippen molar-refractivity contribution in [3.63, 3.8) is 0 Å². The van der Waals surface area contributed by atoms with Crippen molar-refractivity contribution >= 4 is 23.9 Å². The minimum Gasteiger partial charge on any atom is -0.489 e. The van der Waals surface area contributed by atoms with Gasteiger partial charge in [0.2, 0.25) is 11.8 Å². The predicted octanol–water partition coefficient (Wildman–Crippen LogP) is 3.81. The fourth-order valence-corrected chi connectivity index (χ4v) is 5.09. The van der Waals surface area contributed by atoms with Crippen molar-refractivity contribution in [2.45, 2.75) is 83.5 Å². The highest BCUT2D eigenvalue weighted by molar-refractivity contribution is 5.88. The minimum atomic E-state index is -0.973. The third-order valence-corrected chi connectivity index (χ3v) is 7.84. The molecular weight excluding hydrogens is 640 g/mol. The maximum absolute atomic E-state index is 13.5. The normalized spacial score (nSPS) is 15.3. The van der Waals surface area contributed by atoms with Gasteiger partial charge in [0.1, 0.15) is 36.6 Å². The van der Waals surface area contributed by atoms with Gasteiger partial charge in [-0.25, -0.2) is 9.59 Å². The zero-order valence-corrected chi connectivity index (χ0v) is 29.3. The summed E-state index contributed by atoms with van der Waals surface area (Å²) in [7, 11) is 0. The molecule has 12 nitrogen and oxygen atoms in total. The van der Waals surface area contributed by atoms with E-state index < -0.39 is 53.1 Å². The van der Waals surface area contributed by atoms with Crippen molar-refractivity contribution in [1.82, 2.24) is 21.3 Å². The van der Waals surface area contributed by atoms with Crippen molar-refractivity contribution in [3.8, 4) is 5.75 Å². The number of alkyl carbamates (subject to hydrolysis) is 1. The SMILES string of the molecule is C[C@H](NC(=O)OC(C)(C)C)C(=O)NCC1(N[C@@H](C)C(=O)N[C@@H](Cc2ccc(OCc3ccccc3)cc2)C(=O)OCc2ccccc2)COC1. The van der Waals surface area contributed by atoms with Gasteiger partial charge in [0.25, 0.3) is 0 Å². The zero-order valence-electron chi connectivity index (χ0n) is 29.3. The Kier molecular flexibility index (Phi) is 13.4. The summed E-state index contributed by atoms with van der Waals surface area (Å²) in [5.74, 6) is -0.734. The molecule has 0 spiro atoms. The number of esters is 1. The Bertz CT molecular complexity index is 1560. The van der Waals surface area contributed by atoms with Crippen molar-refractivity contribution in [2.24, 2.45) is 0 Å². The summed E-state index contributed by atoms with van der Waals surface area (Å²) < 4.78 is 22.2. The lowest BCUT2D eigenvalue weighted by Gasteiger charge is -2.44. The molecule has 0 radical (unpaired) electrons. The van der Waals surface area contributed by atoms with E-state index in [0.29, 0.717) is 12.4 Å². The topological polar surface area (TPSA) is 153 Å². The average molecular weight is 689 g/mol. The fourth-order valence-electron chi connectivity index (χ4n) is 5.09. The Morgan fingerprint density at radius 3 is 1.92 bits per heavy atom. The Morgan fingerprint density at radius 1 is 0.760 bits per heavy atom. The molecule has 4 N–H and O–H groups in total. The number of nitrogens with one attached hydrogen (secondary N) is 4. The molecule has 1 aliphatic rings. The van der Waals surface area contributed by atoms with Gasteiger partial charge in [-0.3, -0.25) is 14.9 Å². The van der Waals surface area contributed by atoms with E-state index in [9.17, 15) is 19.2 Å². The summed E-state index contributed by atoms with van der Waals surface area (Å²) in [4.78, 5) is 51.7. The molecule has 3 aromatic rings. The van der Waals surface area contributed by atoms with Crippen LogP contribution in [0.15, 0.2) is 84.9 Å². The maximum atomic E-state index is 13.5. The first-order valence-electron chi connectivity index (χ1n) is 16.7. The van der Waals surface area contributed by atoms with Crippen LogP contribution in [-0.2, 0) is 48.2 Å². The van der Waals surface area contributed by atoms with E-state index in [2.05, 4.69) is 21.3 Å². The molecule has 1 aliphatic heterocycles. The molecule has 0 saturated carbocycles. The largest absolute Gasteiger partial charge is 0.489 e. The quantitative estimate of drug-likeness (QED) is 0.165. The lowest BCUT2D eigenvalue weighted by Crippen LogP contribution is -2.70. The molecule has 3 amide bonds. The number of ether oxygens (including phenoxy) is 4. The van der Waals surface area contributed by atoms with Gasteiger partial charge < -0.3 is 34.9 Å². The van der Waals surface area contributed by atoms with Crippen molar-refractivity contribution in [3.05, 3.63) is 102 Å². The number of hydrogen-bond donors (Lipinski definition) is 4. The lowest BCUT2D eigenvalue weighted by molar-refractivity contribution is -0.149.